The Kier molecular flexibility index (Phi) is 3.97. The highest BCUT2D eigenvalue weighted by molar-refractivity contribution is 6.33. The van der Waals surface area contributed by atoms with Gasteiger partial charge >= 0.3 is 0 Å². The van der Waals surface area contributed by atoms with Gasteiger partial charge in [0.25, 0.3) is 5.91 Å². The molecule has 1 fully saturated rings. The molecule has 0 bridgehead atoms. The molecule has 1 aromatic heterocycles. The Hall–Kier alpha value is -1.81. The van der Waals surface area contributed by atoms with E-state index in [0.29, 0.717) is 23.0 Å². The van der Waals surface area contributed by atoms with E-state index in [1.165, 1.54) is 0 Å². The van der Waals surface area contributed by atoms with E-state index in [9.17, 15) is 4.79 Å². The maximum Gasteiger partial charge on any atom is 0.255 e. The van der Waals surface area contributed by atoms with Crippen LogP contribution in [0.4, 0.5) is 0 Å². The van der Waals surface area contributed by atoms with Gasteiger partial charge in [0.1, 0.15) is 0 Å². The van der Waals surface area contributed by atoms with Crippen molar-refractivity contribution in [1.29, 1.82) is 0 Å². The third-order valence-corrected chi connectivity index (χ3v) is 4.42. The van der Waals surface area contributed by atoms with Crippen LogP contribution in [0.25, 0.3) is 0 Å². The molecule has 110 valence electrons. The number of halogens is 1. The lowest BCUT2D eigenvalue weighted by Crippen LogP contribution is -2.39. The molecule has 1 atom stereocenters. The summed E-state index contributed by atoms with van der Waals surface area (Å²) >= 11 is 6.14. The number of H-pyrrole nitrogens is 1. The van der Waals surface area contributed by atoms with Crippen LogP contribution in [-0.2, 0) is 0 Å². The van der Waals surface area contributed by atoms with Gasteiger partial charge in [-0.05, 0) is 37.5 Å². The summed E-state index contributed by atoms with van der Waals surface area (Å²) in [7, 11) is 0. The molecule has 1 aromatic carbocycles. The number of carbonyl (C=O) groups excluding carboxylic acids is 1. The highest BCUT2D eigenvalue weighted by Crippen LogP contribution is 2.29. The second-order valence-electron chi connectivity index (χ2n) is 5.54. The zero-order valence-electron chi connectivity index (χ0n) is 12.0. The summed E-state index contributed by atoms with van der Waals surface area (Å²) in [5.74, 6) is 0.343. The lowest BCUT2D eigenvalue weighted by molar-refractivity contribution is 0.0706. The number of nitrogens with one attached hydrogen (secondary N) is 1. The molecule has 1 aliphatic heterocycles. The largest absolute Gasteiger partial charge is 0.338 e. The Morgan fingerprint density at radius 2 is 2.24 bits per heavy atom. The summed E-state index contributed by atoms with van der Waals surface area (Å²) < 4.78 is 0. The fourth-order valence-corrected chi connectivity index (χ4v) is 3.19. The van der Waals surface area contributed by atoms with E-state index in [0.717, 1.165) is 30.6 Å². The fraction of sp³-hybridized carbons (Fsp3) is 0.375. The Labute approximate surface area is 129 Å². The van der Waals surface area contributed by atoms with Crippen LogP contribution in [0.3, 0.4) is 0 Å². The van der Waals surface area contributed by atoms with Gasteiger partial charge in [-0.15, -0.1) is 0 Å². The van der Waals surface area contributed by atoms with Crippen molar-refractivity contribution < 1.29 is 4.79 Å². The van der Waals surface area contributed by atoms with Crippen LogP contribution < -0.4 is 0 Å². The number of likely N-dealkylation sites (tertiary alicyclic amines) is 1. The van der Waals surface area contributed by atoms with Crippen molar-refractivity contribution >= 4 is 17.5 Å². The lowest BCUT2D eigenvalue weighted by Gasteiger charge is -2.32. The van der Waals surface area contributed by atoms with Crippen molar-refractivity contribution in [3.05, 3.63) is 52.3 Å². The Bertz CT molecular complexity index is 652. The summed E-state index contributed by atoms with van der Waals surface area (Å²) in [6.45, 7) is 3.55. The number of aromatic amines is 1. The number of amides is 1. The van der Waals surface area contributed by atoms with E-state index in [-0.39, 0.29) is 5.91 Å². The summed E-state index contributed by atoms with van der Waals surface area (Å²) in [5, 5.41) is 7.68. The molecular weight excluding hydrogens is 286 g/mol. The van der Waals surface area contributed by atoms with Gasteiger partial charge < -0.3 is 4.90 Å². The van der Waals surface area contributed by atoms with Gasteiger partial charge in [0.05, 0.1) is 16.8 Å². The molecule has 21 heavy (non-hydrogen) atoms. The molecule has 1 saturated heterocycles. The molecule has 2 heterocycles. The first kappa shape index (κ1) is 14.1. The first-order chi connectivity index (χ1) is 10.2. The first-order valence-electron chi connectivity index (χ1n) is 7.20. The van der Waals surface area contributed by atoms with Crippen LogP contribution in [0.2, 0.25) is 5.02 Å². The minimum atomic E-state index is 0.0162. The Morgan fingerprint density at radius 3 is 2.95 bits per heavy atom. The van der Waals surface area contributed by atoms with E-state index in [1.54, 1.807) is 12.1 Å². The molecular formula is C16H18ClN3O. The molecule has 0 aliphatic carbocycles. The quantitative estimate of drug-likeness (QED) is 0.924. The first-order valence-corrected chi connectivity index (χ1v) is 7.58. The number of hydrogen-bond acceptors (Lipinski definition) is 2. The third-order valence-electron chi connectivity index (χ3n) is 4.09. The Morgan fingerprint density at radius 1 is 1.43 bits per heavy atom. The van der Waals surface area contributed by atoms with Gasteiger partial charge in [0.2, 0.25) is 0 Å². The van der Waals surface area contributed by atoms with E-state index in [2.05, 4.69) is 10.2 Å². The van der Waals surface area contributed by atoms with Crippen LogP contribution in [-0.4, -0.2) is 34.1 Å². The standard InChI is InChI=1S/C16H18ClN3O/c1-11-9-18-19-15(11)12-5-4-8-20(10-12)16(21)13-6-2-3-7-14(13)17/h2-3,6-7,9,12H,4-5,8,10H2,1H3,(H,18,19)/t12-/m0/s1. The van der Waals surface area contributed by atoms with Crippen molar-refractivity contribution in [3.8, 4) is 0 Å². The number of nitrogens with zero attached hydrogens (tertiary/aromatic N) is 2. The summed E-state index contributed by atoms with van der Waals surface area (Å²) in [5.41, 5.74) is 2.89. The second kappa shape index (κ2) is 5.90. The minimum absolute atomic E-state index is 0.0162. The summed E-state index contributed by atoms with van der Waals surface area (Å²) in [6.07, 6.45) is 3.92. The molecule has 1 aliphatic rings. The predicted octanol–water partition coefficient (Wildman–Crippen LogP) is 3.39. The van der Waals surface area contributed by atoms with E-state index >= 15 is 0 Å². The molecule has 0 radical (unpaired) electrons. The van der Waals surface area contributed by atoms with Gasteiger partial charge in [0.15, 0.2) is 0 Å². The van der Waals surface area contributed by atoms with Crippen molar-refractivity contribution in [1.82, 2.24) is 15.1 Å². The number of aromatic nitrogens is 2. The van der Waals surface area contributed by atoms with Crippen LogP contribution in [0.1, 0.15) is 40.4 Å². The van der Waals surface area contributed by atoms with E-state index in [1.807, 2.05) is 30.2 Å². The Balaban J connectivity index is 1.79. The maximum absolute atomic E-state index is 12.6. The van der Waals surface area contributed by atoms with Gasteiger partial charge in [-0.25, -0.2) is 0 Å². The molecule has 0 saturated carbocycles. The second-order valence-corrected chi connectivity index (χ2v) is 5.94. The van der Waals surface area contributed by atoms with Gasteiger partial charge in [-0.2, -0.15) is 5.10 Å². The van der Waals surface area contributed by atoms with E-state index < -0.39 is 0 Å². The SMILES string of the molecule is Cc1cn[nH]c1[C@H]1CCCN(C(=O)c2ccccc2Cl)C1. The number of hydrogen-bond donors (Lipinski definition) is 1. The van der Waals surface area contributed by atoms with Crippen molar-refractivity contribution in [2.24, 2.45) is 0 Å². The highest BCUT2D eigenvalue weighted by Gasteiger charge is 2.27. The molecule has 2 aromatic rings. The maximum atomic E-state index is 12.6. The zero-order chi connectivity index (χ0) is 14.8. The average Bonchev–Trinajstić information content (AvgIpc) is 2.93. The third kappa shape index (κ3) is 2.81. The number of piperidine rings is 1. The van der Waals surface area contributed by atoms with Crippen LogP contribution in [0.15, 0.2) is 30.5 Å². The van der Waals surface area contributed by atoms with Crippen LogP contribution in [0.5, 0.6) is 0 Å². The van der Waals surface area contributed by atoms with Crippen molar-refractivity contribution in [2.75, 3.05) is 13.1 Å². The van der Waals surface area contributed by atoms with Gasteiger partial charge in [-0.3, -0.25) is 9.89 Å². The van der Waals surface area contributed by atoms with Crippen LogP contribution in [0, 0.1) is 6.92 Å². The number of carbonyl (C=O) groups is 1. The van der Waals surface area contributed by atoms with Gasteiger partial charge in [0, 0.05) is 24.7 Å². The minimum Gasteiger partial charge on any atom is -0.338 e. The fourth-order valence-electron chi connectivity index (χ4n) is 2.97. The summed E-state index contributed by atoms with van der Waals surface area (Å²) in [4.78, 5) is 14.5. The molecule has 0 unspecified atom stereocenters. The molecule has 5 heteroatoms. The molecule has 3 rings (SSSR count). The molecule has 1 N–H and O–H groups in total. The average molecular weight is 304 g/mol. The number of rotatable bonds is 2. The number of aryl methyl sites for hydroxylation is 1. The van der Waals surface area contributed by atoms with Gasteiger partial charge in [-0.1, -0.05) is 23.7 Å². The highest BCUT2D eigenvalue weighted by atomic mass is 35.5. The normalized spacial score (nSPS) is 18.8. The topological polar surface area (TPSA) is 49.0 Å². The molecule has 4 nitrogen and oxygen atoms in total. The monoisotopic (exact) mass is 303 g/mol. The summed E-state index contributed by atoms with van der Waals surface area (Å²) in [6, 6.07) is 7.23. The van der Waals surface area contributed by atoms with Crippen molar-refractivity contribution in [3.63, 3.8) is 0 Å². The lowest BCUT2D eigenvalue weighted by atomic mass is 9.92. The number of benzene rings is 1. The molecule has 1 amide bonds. The van der Waals surface area contributed by atoms with E-state index in [4.69, 9.17) is 11.6 Å². The predicted molar refractivity (Wildman–Crippen MR) is 82.7 cm³/mol. The smallest absolute Gasteiger partial charge is 0.255 e. The van der Waals surface area contributed by atoms with Crippen LogP contribution >= 0.6 is 11.6 Å². The molecule has 0 spiro atoms. The zero-order valence-corrected chi connectivity index (χ0v) is 12.7. The van der Waals surface area contributed by atoms with Crippen molar-refractivity contribution in [2.45, 2.75) is 25.7 Å².